The van der Waals surface area contributed by atoms with E-state index < -0.39 is 5.72 Å². The number of amides is 1. The zero-order valence-electron chi connectivity index (χ0n) is 14.5. The number of carbonyl (C=O) groups excluding carboxylic acids is 2. The van der Waals surface area contributed by atoms with E-state index in [4.69, 9.17) is 4.74 Å². The van der Waals surface area contributed by atoms with Crippen LogP contribution >= 0.6 is 0 Å². The van der Waals surface area contributed by atoms with Gasteiger partial charge in [-0.3, -0.25) is 9.59 Å². The van der Waals surface area contributed by atoms with E-state index in [1.54, 1.807) is 0 Å². The van der Waals surface area contributed by atoms with Gasteiger partial charge in [0.2, 0.25) is 5.91 Å². The maximum absolute atomic E-state index is 12.7. The molecule has 0 N–H and O–H groups in total. The fourth-order valence-electron chi connectivity index (χ4n) is 5.28. The highest BCUT2D eigenvalue weighted by Gasteiger charge is 2.61. The van der Waals surface area contributed by atoms with Crippen molar-refractivity contribution in [2.45, 2.75) is 83.9 Å². The minimum Gasteiger partial charge on any atom is -0.471 e. The van der Waals surface area contributed by atoms with Crippen LogP contribution in [0.25, 0.3) is 0 Å². The molecule has 126 valence electrons. The van der Waals surface area contributed by atoms with E-state index in [-0.39, 0.29) is 29.1 Å². The Labute approximate surface area is 138 Å². The summed E-state index contributed by atoms with van der Waals surface area (Å²) < 4.78 is 6.38. The van der Waals surface area contributed by atoms with Gasteiger partial charge < -0.3 is 9.64 Å². The van der Waals surface area contributed by atoms with Crippen LogP contribution in [0.5, 0.6) is 0 Å². The van der Waals surface area contributed by atoms with Crippen LogP contribution < -0.4 is 0 Å². The molecule has 4 rings (SSSR count). The molecule has 2 aliphatic carbocycles. The molecule has 1 saturated carbocycles. The monoisotopic (exact) mass is 317 g/mol. The van der Waals surface area contributed by atoms with Crippen molar-refractivity contribution in [1.29, 1.82) is 0 Å². The zero-order valence-corrected chi connectivity index (χ0v) is 14.5. The van der Waals surface area contributed by atoms with Crippen LogP contribution in [-0.2, 0) is 14.3 Å². The minimum atomic E-state index is -0.625. The van der Waals surface area contributed by atoms with Gasteiger partial charge in [0.05, 0.1) is 5.92 Å². The van der Waals surface area contributed by atoms with Gasteiger partial charge in [-0.15, -0.1) is 0 Å². The Kier molecular flexibility index (Phi) is 3.20. The molecule has 0 aromatic carbocycles. The van der Waals surface area contributed by atoms with Crippen LogP contribution in [0.15, 0.2) is 11.3 Å². The first kappa shape index (κ1) is 15.2. The van der Waals surface area contributed by atoms with Gasteiger partial charge in [-0.1, -0.05) is 33.1 Å². The molecule has 1 saturated heterocycles. The zero-order chi connectivity index (χ0) is 16.4. The van der Waals surface area contributed by atoms with Crippen molar-refractivity contribution in [3.63, 3.8) is 0 Å². The maximum Gasteiger partial charge on any atom is 0.226 e. The first-order valence-corrected chi connectivity index (χ1v) is 9.09. The summed E-state index contributed by atoms with van der Waals surface area (Å²) in [6.07, 6.45) is 7.61. The van der Waals surface area contributed by atoms with Crippen LogP contribution in [-0.4, -0.2) is 28.4 Å². The van der Waals surface area contributed by atoms with Gasteiger partial charge in [0, 0.05) is 30.9 Å². The van der Waals surface area contributed by atoms with Crippen LogP contribution in [0, 0.1) is 11.3 Å². The second-order valence-corrected chi connectivity index (χ2v) is 8.75. The summed E-state index contributed by atoms with van der Waals surface area (Å²) >= 11 is 0. The Morgan fingerprint density at radius 2 is 1.74 bits per heavy atom. The molecular weight excluding hydrogens is 290 g/mol. The van der Waals surface area contributed by atoms with E-state index >= 15 is 0 Å². The third-order valence-electron chi connectivity index (χ3n) is 6.27. The molecule has 2 heterocycles. The molecule has 4 heteroatoms. The number of rotatable bonds is 1. The number of Topliss-reactive ketones (excluding diaryl/α,β-unsaturated/α-hetero) is 1. The topological polar surface area (TPSA) is 46.6 Å². The largest absolute Gasteiger partial charge is 0.471 e. The molecule has 4 aliphatic rings. The van der Waals surface area contributed by atoms with E-state index in [1.165, 1.54) is 19.3 Å². The van der Waals surface area contributed by atoms with Crippen LogP contribution in [0.4, 0.5) is 0 Å². The van der Waals surface area contributed by atoms with Crippen molar-refractivity contribution in [2.75, 3.05) is 0 Å². The van der Waals surface area contributed by atoms with Gasteiger partial charge in [-0.05, 0) is 25.2 Å². The lowest BCUT2D eigenvalue weighted by Crippen LogP contribution is -2.52. The summed E-state index contributed by atoms with van der Waals surface area (Å²) in [6.45, 7) is 6.28. The van der Waals surface area contributed by atoms with Gasteiger partial charge in [-0.25, -0.2) is 0 Å². The predicted octanol–water partition coefficient (Wildman–Crippen LogP) is 3.56. The molecule has 1 amide bonds. The SMILES string of the molecule is CC1(C)CC(=O)C2=C(C1)O[C@]1(C)[C@@H]2CC(=O)N1C1CCCCC1. The number of ketones is 1. The number of nitrogens with zero attached hydrogens (tertiary/aromatic N) is 1. The summed E-state index contributed by atoms with van der Waals surface area (Å²) in [5, 5.41) is 0. The lowest BCUT2D eigenvalue weighted by Gasteiger charge is -2.42. The first-order valence-electron chi connectivity index (χ1n) is 9.09. The van der Waals surface area contributed by atoms with Gasteiger partial charge in [0.25, 0.3) is 0 Å². The number of hydrogen-bond donors (Lipinski definition) is 0. The second-order valence-electron chi connectivity index (χ2n) is 8.75. The highest BCUT2D eigenvalue weighted by Crippen LogP contribution is 2.55. The molecule has 0 bridgehead atoms. The maximum atomic E-state index is 12.7. The summed E-state index contributed by atoms with van der Waals surface area (Å²) in [6, 6.07) is 0.288. The molecule has 0 aromatic rings. The lowest BCUT2D eigenvalue weighted by atomic mass is 9.73. The normalized spacial score (nSPS) is 37.0. The van der Waals surface area contributed by atoms with E-state index in [9.17, 15) is 9.59 Å². The summed E-state index contributed by atoms with van der Waals surface area (Å²) in [7, 11) is 0. The number of likely N-dealkylation sites (tertiary alicyclic amines) is 1. The van der Waals surface area contributed by atoms with Crippen molar-refractivity contribution >= 4 is 11.7 Å². The van der Waals surface area contributed by atoms with Crippen LogP contribution in [0.3, 0.4) is 0 Å². The van der Waals surface area contributed by atoms with E-state index in [2.05, 4.69) is 13.8 Å². The molecule has 0 spiro atoms. The smallest absolute Gasteiger partial charge is 0.226 e. The quantitative estimate of drug-likeness (QED) is 0.743. The molecule has 2 aliphatic heterocycles. The highest BCUT2D eigenvalue weighted by molar-refractivity contribution is 6.00. The number of hydrogen-bond acceptors (Lipinski definition) is 3. The number of ether oxygens (including phenoxy) is 1. The highest BCUT2D eigenvalue weighted by atomic mass is 16.5. The summed E-state index contributed by atoms with van der Waals surface area (Å²) in [5.41, 5.74) is 0.170. The fourth-order valence-corrected chi connectivity index (χ4v) is 5.28. The summed E-state index contributed by atoms with van der Waals surface area (Å²) in [4.78, 5) is 27.4. The van der Waals surface area contributed by atoms with E-state index in [0.717, 1.165) is 30.6 Å². The molecule has 0 unspecified atom stereocenters. The molecule has 0 aromatic heterocycles. The van der Waals surface area contributed by atoms with E-state index in [0.29, 0.717) is 12.8 Å². The third-order valence-corrected chi connectivity index (χ3v) is 6.27. The van der Waals surface area contributed by atoms with E-state index in [1.807, 2.05) is 11.8 Å². The Balaban J connectivity index is 1.68. The molecule has 0 radical (unpaired) electrons. The van der Waals surface area contributed by atoms with Crippen molar-refractivity contribution in [3.8, 4) is 0 Å². The van der Waals surface area contributed by atoms with Crippen molar-refractivity contribution < 1.29 is 14.3 Å². The molecular formula is C19H27NO3. The van der Waals surface area contributed by atoms with Crippen LogP contribution in [0.2, 0.25) is 0 Å². The number of fused-ring (bicyclic) bond motifs is 2. The average Bonchev–Trinajstić information content (AvgIpc) is 2.84. The number of allylic oxidation sites excluding steroid dienone is 1. The van der Waals surface area contributed by atoms with Gasteiger partial charge >= 0.3 is 0 Å². The van der Waals surface area contributed by atoms with Crippen molar-refractivity contribution in [3.05, 3.63) is 11.3 Å². The fraction of sp³-hybridized carbons (Fsp3) is 0.789. The lowest BCUT2D eigenvalue weighted by molar-refractivity contribution is -0.155. The Morgan fingerprint density at radius 1 is 1.04 bits per heavy atom. The Hall–Kier alpha value is -1.32. The predicted molar refractivity (Wildman–Crippen MR) is 86.4 cm³/mol. The van der Waals surface area contributed by atoms with Gasteiger partial charge in [0.15, 0.2) is 11.5 Å². The molecule has 2 fully saturated rings. The number of carbonyl (C=O) groups is 2. The molecule has 23 heavy (non-hydrogen) atoms. The van der Waals surface area contributed by atoms with Gasteiger partial charge in [-0.2, -0.15) is 0 Å². The Bertz CT molecular complexity index is 600. The Morgan fingerprint density at radius 3 is 2.43 bits per heavy atom. The second kappa shape index (κ2) is 4.84. The minimum absolute atomic E-state index is 0.0371. The third kappa shape index (κ3) is 2.17. The average molecular weight is 317 g/mol. The van der Waals surface area contributed by atoms with Gasteiger partial charge in [0.1, 0.15) is 5.76 Å². The molecule has 2 atom stereocenters. The first-order chi connectivity index (χ1) is 10.8. The van der Waals surface area contributed by atoms with Crippen molar-refractivity contribution in [1.82, 2.24) is 4.90 Å². The standard InChI is InChI=1S/C19H27NO3/c1-18(2)10-14(21)17-13-9-16(22)20(12-7-5-4-6-8-12)19(13,3)23-15(17)11-18/h12-13H,4-11H2,1-3H3/t13-,19-/m1/s1. The van der Waals surface area contributed by atoms with Crippen molar-refractivity contribution in [2.24, 2.45) is 11.3 Å². The molecule has 4 nitrogen and oxygen atoms in total. The summed E-state index contributed by atoms with van der Waals surface area (Å²) in [5.74, 6) is 1.18. The van der Waals surface area contributed by atoms with Crippen LogP contribution in [0.1, 0.15) is 72.1 Å².